The highest BCUT2D eigenvalue weighted by Crippen LogP contribution is 2.19. The standard InChI is InChI=1S/C21H19ClN2/c1-17(19-12-14-20(22)15-13-19)23-24(21-10-6-3-7-11-21)16-18-8-4-2-5-9-18/h2-15H,16H2,1H3/b23-17-. The number of rotatable bonds is 5. The lowest BCUT2D eigenvalue weighted by Crippen LogP contribution is -2.18. The molecule has 0 amide bonds. The maximum absolute atomic E-state index is 5.98. The number of halogens is 1. The van der Waals surface area contributed by atoms with E-state index >= 15 is 0 Å². The van der Waals surface area contributed by atoms with Crippen molar-refractivity contribution in [3.8, 4) is 0 Å². The number of para-hydroxylation sites is 1. The van der Waals surface area contributed by atoms with Crippen LogP contribution >= 0.6 is 11.6 Å². The van der Waals surface area contributed by atoms with Gasteiger partial charge in [0.15, 0.2) is 0 Å². The van der Waals surface area contributed by atoms with E-state index in [1.165, 1.54) is 5.56 Å². The first-order valence-electron chi connectivity index (χ1n) is 7.90. The van der Waals surface area contributed by atoms with Crippen molar-refractivity contribution in [3.05, 3.63) is 101 Å². The van der Waals surface area contributed by atoms with Crippen LogP contribution < -0.4 is 5.01 Å². The molecule has 0 saturated carbocycles. The molecule has 0 aromatic heterocycles. The molecule has 0 atom stereocenters. The predicted octanol–water partition coefficient (Wildman–Crippen LogP) is 5.77. The molecule has 3 aromatic rings. The highest BCUT2D eigenvalue weighted by Gasteiger charge is 2.07. The summed E-state index contributed by atoms with van der Waals surface area (Å²) in [6.07, 6.45) is 0. The molecule has 0 unspecified atom stereocenters. The minimum atomic E-state index is 0.718. The Morgan fingerprint density at radius 2 is 1.42 bits per heavy atom. The largest absolute Gasteiger partial charge is 0.261 e. The van der Waals surface area contributed by atoms with Gasteiger partial charge in [0.25, 0.3) is 0 Å². The summed E-state index contributed by atoms with van der Waals surface area (Å²) in [4.78, 5) is 0. The van der Waals surface area contributed by atoms with Gasteiger partial charge in [-0.1, -0.05) is 72.3 Å². The van der Waals surface area contributed by atoms with Gasteiger partial charge in [0.1, 0.15) is 0 Å². The normalized spacial score (nSPS) is 11.3. The quantitative estimate of drug-likeness (QED) is 0.427. The molecule has 0 heterocycles. The molecule has 0 aliphatic carbocycles. The second-order valence-electron chi connectivity index (χ2n) is 5.57. The molecule has 0 saturated heterocycles. The van der Waals surface area contributed by atoms with E-state index in [0.29, 0.717) is 0 Å². The fraction of sp³-hybridized carbons (Fsp3) is 0.0952. The Morgan fingerprint density at radius 1 is 0.833 bits per heavy atom. The number of hydrogen-bond donors (Lipinski definition) is 0. The first kappa shape index (κ1) is 16.3. The van der Waals surface area contributed by atoms with Crippen molar-refractivity contribution in [3.63, 3.8) is 0 Å². The van der Waals surface area contributed by atoms with Gasteiger partial charge in [-0.2, -0.15) is 5.10 Å². The number of benzene rings is 3. The lowest BCUT2D eigenvalue weighted by atomic mass is 10.1. The van der Waals surface area contributed by atoms with E-state index in [4.69, 9.17) is 16.7 Å². The predicted molar refractivity (Wildman–Crippen MR) is 103 cm³/mol. The van der Waals surface area contributed by atoms with Gasteiger partial charge in [-0.05, 0) is 42.3 Å². The topological polar surface area (TPSA) is 15.6 Å². The van der Waals surface area contributed by atoms with Crippen LogP contribution in [0.15, 0.2) is 90.0 Å². The average molecular weight is 335 g/mol. The van der Waals surface area contributed by atoms with Crippen LogP contribution in [-0.2, 0) is 6.54 Å². The van der Waals surface area contributed by atoms with Crippen molar-refractivity contribution < 1.29 is 0 Å². The van der Waals surface area contributed by atoms with E-state index in [1.807, 2.05) is 72.6 Å². The zero-order chi connectivity index (χ0) is 16.8. The Kier molecular flexibility index (Phi) is 5.29. The second kappa shape index (κ2) is 7.80. The number of hydrazone groups is 1. The summed E-state index contributed by atoms with van der Waals surface area (Å²) in [6, 6.07) is 28.3. The molecule has 0 N–H and O–H groups in total. The summed E-state index contributed by atoms with van der Waals surface area (Å²) < 4.78 is 0. The zero-order valence-electron chi connectivity index (χ0n) is 13.6. The van der Waals surface area contributed by atoms with E-state index in [2.05, 4.69) is 24.3 Å². The molecule has 0 aliphatic rings. The fourth-order valence-corrected chi connectivity index (χ4v) is 2.60. The number of nitrogens with zero attached hydrogens (tertiary/aromatic N) is 2. The van der Waals surface area contributed by atoms with E-state index in [1.54, 1.807) is 0 Å². The Hall–Kier alpha value is -2.58. The minimum absolute atomic E-state index is 0.718. The summed E-state index contributed by atoms with van der Waals surface area (Å²) in [7, 11) is 0. The lowest BCUT2D eigenvalue weighted by Gasteiger charge is -2.20. The van der Waals surface area contributed by atoms with E-state index < -0.39 is 0 Å². The SMILES string of the molecule is C/C(=N/N(Cc1ccccc1)c1ccccc1)c1ccc(Cl)cc1. The molecule has 3 aromatic carbocycles. The van der Waals surface area contributed by atoms with Crippen LogP contribution in [0.25, 0.3) is 0 Å². The van der Waals surface area contributed by atoms with E-state index in [-0.39, 0.29) is 0 Å². The van der Waals surface area contributed by atoms with Gasteiger partial charge < -0.3 is 0 Å². The summed E-state index contributed by atoms with van der Waals surface area (Å²) in [5.74, 6) is 0. The van der Waals surface area contributed by atoms with Crippen LogP contribution in [0.2, 0.25) is 5.02 Å². The Bertz CT molecular complexity index is 796. The lowest BCUT2D eigenvalue weighted by molar-refractivity contribution is 0.854. The Labute approximate surface area is 148 Å². The monoisotopic (exact) mass is 334 g/mol. The molecule has 120 valence electrons. The van der Waals surface area contributed by atoms with Crippen molar-refractivity contribution in [2.24, 2.45) is 5.10 Å². The molecule has 0 fully saturated rings. The third-order valence-corrected chi connectivity index (χ3v) is 4.01. The molecular formula is C21H19ClN2. The molecule has 24 heavy (non-hydrogen) atoms. The summed E-state index contributed by atoms with van der Waals surface area (Å²) in [5.41, 5.74) is 4.29. The molecule has 3 heteroatoms. The summed E-state index contributed by atoms with van der Waals surface area (Å²) in [5, 5.41) is 7.61. The summed E-state index contributed by atoms with van der Waals surface area (Å²) in [6.45, 7) is 2.74. The molecule has 3 rings (SSSR count). The van der Waals surface area contributed by atoms with Gasteiger partial charge in [-0.25, -0.2) is 0 Å². The van der Waals surface area contributed by atoms with E-state index in [9.17, 15) is 0 Å². The molecular weight excluding hydrogens is 316 g/mol. The molecule has 2 nitrogen and oxygen atoms in total. The van der Waals surface area contributed by atoms with Crippen molar-refractivity contribution in [1.82, 2.24) is 0 Å². The van der Waals surface area contributed by atoms with Gasteiger partial charge in [-0.15, -0.1) is 0 Å². The smallest absolute Gasteiger partial charge is 0.0666 e. The van der Waals surface area contributed by atoms with Gasteiger partial charge in [0.2, 0.25) is 0 Å². The zero-order valence-corrected chi connectivity index (χ0v) is 14.3. The van der Waals surface area contributed by atoms with Crippen LogP contribution in [0, 0.1) is 0 Å². The van der Waals surface area contributed by atoms with Crippen LogP contribution in [0.3, 0.4) is 0 Å². The minimum Gasteiger partial charge on any atom is -0.261 e. The fourth-order valence-electron chi connectivity index (χ4n) is 2.47. The van der Waals surface area contributed by atoms with Crippen molar-refractivity contribution in [1.29, 1.82) is 0 Å². The Morgan fingerprint density at radius 3 is 2.04 bits per heavy atom. The Balaban J connectivity index is 1.92. The van der Waals surface area contributed by atoms with Gasteiger partial charge in [-0.3, -0.25) is 5.01 Å². The maximum atomic E-state index is 5.98. The average Bonchev–Trinajstić information content (AvgIpc) is 2.63. The number of hydrogen-bond acceptors (Lipinski definition) is 2. The van der Waals surface area contributed by atoms with Crippen LogP contribution in [-0.4, -0.2) is 5.71 Å². The molecule has 0 spiro atoms. The first-order valence-corrected chi connectivity index (χ1v) is 8.28. The summed E-state index contributed by atoms with van der Waals surface area (Å²) >= 11 is 5.98. The second-order valence-corrected chi connectivity index (χ2v) is 6.01. The van der Waals surface area contributed by atoms with Crippen molar-refractivity contribution >= 4 is 23.0 Å². The van der Waals surface area contributed by atoms with Crippen molar-refractivity contribution in [2.45, 2.75) is 13.5 Å². The van der Waals surface area contributed by atoms with Crippen LogP contribution in [0.1, 0.15) is 18.1 Å². The van der Waals surface area contributed by atoms with Crippen LogP contribution in [0.4, 0.5) is 5.69 Å². The van der Waals surface area contributed by atoms with Crippen LogP contribution in [0.5, 0.6) is 0 Å². The van der Waals surface area contributed by atoms with E-state index in [0.717, 1.165) is 28.5 Å². The molecule has 0 bridgehead atoms. The van der Waals surface area contributed by atoms with Gasteiger partial charge >= 0.3 is 0 Å². The first-order chi connectivity index (χ1) is 11.7. The molecule has 0 radical (unpaired) electrons. The third-order valence-electron chi connectivity index (χ3n) is 3.76. The highest BCUT2D eigenvalue weighted by molar-refractivity contribution is 6.30. The van der Waals surface area contributed by atoms with Gasteiger partial charge in [0, 0.05) is 5.02 Å². The van der Waals surface area contributed by atoms with Crippen molar-refractivity contribution in [2.75, 3.05) is 5.01 Å². The highest BCUT2D eigenvalue weighted by atomic mass is 35.5. The maximum Gasteiger partial charge on any atom is 0.0666 e. The van der Waals surface area contributed by atoms with Gasteiger partial charge in [0.05, 0.1) is 17.9 Å². The third kappa shape index (κ3) is 4.24. The number of anilines is 1. The molecule has 0 aliphatic heterocycles.